The Kier molecular flexibility index (Phi) is 3.79. The fraction of sp³-hybridized carbons (Fsp3) is 0.133. The van der Waals surface area contributed by atoms with E-state index in [0.29, 0.717) is 0 Å². The highest BCUT2D eigenvalue weighted by Crippen LogP contribution is 2.48. The van der Waals surface area contributed by atoms with E-state index in [0.717, 1.165) is 39.6 Å². The third kappa shape index (κ3) is 2.54. The Balaban J connectivity index is 1.64. The zero-order valence-electron chi connectivity index (χ0n) is 19.1. The minimum Gasteiger partial charge on any atom is -0.340 e. The largest absolute Gasteiger partial charge is 0.714 e. The smallest absolute Gasteiger partial charge is 0.340 e. The predicted octanol–water partition coefficient (Wildman–Crippen LogP) is 5.95. The molecule has 3 aliphatic heterocycles. The van der Waals surface area contributed by atoms with Crippen molar-refractivity contribution >= 4 is 23.8 Å². The van der Waals surface area contributed by atoms with Crippen LogP contribution in [0.25, 0.3) is 0 Å². The van der Waals surface area contributed by atoms with Crippen molar-refractivity contribution in [3.63, 3.8) is 0 Å². The number of rotatable bonds is 2. The van der Waals surface area contributed by atoms with Crippen molar-refractivity contribution in [1.29, 1.82) is 0 Å². The Morgan fingerprint density at radius 1 is 0.618 bits per heavy atom. The summed E-state index contributed by atoms with van der Waals surface area (Å²) in [5, 5.41) is 0. The summed E-state index contributed by atoms with van der Waals surface area (Å²) in [6.45, 7) is 4.50. The van der Waals surface area contributed by atoms with E-state index in [2.05, 4.69) is 96.1 Å². The molecule has 0 unspecified atom stereocenters. The van der Waals surface area contributed by atoms with Gasteiger partial charge >= 0.3 is 6.03 Å². The molecule has 4 bridgehead atoms. The molecular weight excluding hydrogens is 420 g/mol. The number of ether oxygens (including phenoxy) is 2. The van der Waals surface area contributed by atoms with Crippen LogP contribution in [0.4, 0.5) is 11.4 Å². The number of para-hydroxylation sites is 3. The van der Waals surface area contributed by atoms with Crippen LogP contribution in [0.15, 0.2) is 97.1 Å². The number of hydrogen-bond donors (Lipinski definition) is 0. The van der Waals surface area contributed by atoms with Crippen LogP contribution in [-0.4, -0.2) is 27.6 Å². The predicted molar refractivity (Wildman–Crippen MR) is 132 cm³/mol. The fourth-order valence-corrected chi connectivity index (χ4v) is 5.24. The fourth-order valence-electron chi connectivity index (χ4n) is 5.24. The maximum Gasteiger partial charge on any atom is 0.714 e. The van der Waals surface area contributed by atoms with Crippen LogP contribution in [0.2, 0.25) is 0 Å². The molecule has 0 aromatic heterocycles. The lowest BCUT2D eigenvalue weighted by atomic mass is 9.76. The Bertz CT molecular complexity index is 1520. The minimum absolute atomic E-state index is 0.261. The normalized spacial score (nSPS) is 20.6. The van der Waals surface area contributed by atoms with Gasteiger partial charge in [0.1, 0.15) is 0 Å². The standard InChI is InChI=1S/C30H24N2O2/c1-29(2)23-17-16-21-19-31(24-11-5-3-6-12-24)30(33-27(21)18-23)32(25-13-7-4-8-14-25)20-22-10-9-15-26(29)28(22)34-30/h3-20H,1-2H3/q+2/t30-/m1/s1. The Hall–Kier alpha value is -4.18. The van der Waals surface area contributed by atoms with Crippen molar-refractivity contribution in [2.24, 2.45) is 0 Å². The van der Waals surface area contributed by atoms with Gasteiger partial charge in [0.05, 0.1) is 11.1 Å². The summed E-state index contributed by atoms with van der Waals surface area (Å²) in [7, 11) is 0. The summed E-state index contributed by atoms with van der Waals surface area (Å²) in [5.41, 5.74) is 6.07. The van der Waals surface area contributed by atoms with Gasteiger partial charge < -0.3 is 9.47 Å². The van der Waals surface area contributed by atoms with Crippen LogP contribution in [0.5, 0.6) is 11.5 Å². The van der Waals surface area contributed by atoms with E-state index in [1.807, 2.05) is 36.4 Å². The molecule has 4 aromatic rings. The second kappa shape index (κ2) is 6.67. The number of hydrogen-bond acceptors (Lipinski definition) is 2. The second-order valence-corrected chi connectivity index (χ2v) is 9.52. The second-order valence-electron chi connectivity index (χ2n) is 9.52. The van der Waals surface area contributed by atoms with E-state index in [1.165, 1.54) is 5.56 Å². The van der Waals surface area contributed by atoms with Gasteiger partial charge in [-0.3, -0.25) is 0 Å². The molecule has 0 amide bonds. The van der Waals surface area contributed by atoms with E-state index in [9.17, 15) is 0 Å². The monoisotopic (exact) mass is 444 g/mol. The van der Waals surface area contributed by atoms with Gasteiger partial charge in [0.15, 0.2) is 23.9 Å². The van der Waals surface area contributed by atoms with Gasteiger partial charge in [-0.25, -0.2) is 0 Å². The molecule has 0 N–H and O–H groups in total. The molecule has 3 aliphatic rings. The highest BCUT2D eigenvalue weighted by molar-refractivity contribution is 5.85. The third-order valence-electron chi connectivity index (χ3n) is 7.15. The number of benzene rings is 4. The Labute approximate surface area is 198 Å². The molecule has 0 radical (unpaired) electrons. The molecule has 1 spiro atoms. The summed E-state index contributed by atoms with van der Waals surface area (Å²) >= 11 is 0. The van der Waals surface area contributed by atoms with Crippen LogP contribution >= 0.6 is 0 Å². The average molecular weight is 445 g/mol. The molecule has 0 saturated carbocycles. The molecule has 4 aromatic carbocycles. The number of nitrogens with zero attached hydrogens (tertiary/aromatic N) is 2. The lowest BCUT2D eigenvalue weighted by Gasteiger charge is -2.32. The molecule has 4 nitrogen and oxygen atoms in total. The van der Waals surface area contributed by atoms with Gasteiger partial charge in [0, 0.05) is 35.2 Å². The summed E-state index contributed by atoms with van der Waals surface area (Å²) < 4.78 is 18.2. The van der Waals surface area contributed by atoms with Crippen LogP contribution in [0, 0.1) is 0 Å². The molecule has 0 aliphatic carbocycles. The van der Waals surface area contributed by atoms with E-state index < -0.39 is 6.03 Å². The SMILES string of the molecule is CC1(C)c2ccc3c(c2)O[C@@]2(Oc4c(cccc41)C=[N+]2c1ccccc1)[N+](c1ccccc1)=C3. The molecule has 4 heteroatoms. The van der Waals surface area contributed by atoms with Crippen molar-refractivity contribution in [2.75, 3.05) is 0 Å². The Morgan fingerprint density at radius 3 is 1.94 bits per heavy atom. The zero-order valence-corrected chi connectivity index (χ0v) is 19.1. The summed E-state index contributed by atoms with van der Waals surface area (Å²) in [5.74, 6) is 1.66. The van der Waals surface area contributed by atoms with Crippen molar-refractivity contribution in [3.05, 3.63) is 119 Å². The molecule has 7 rings (SSSR count). The lowest BCUT2D eigenvalue weighted by molar-refractivity contribution is -0.855. The first-order valence-corrected chi connectivity index (χ1v) is 11.6. The van der Waals surface area contributed by atoms with Gasteiger partial charge in [0.25, 0.3) is 0 Å². The average Bonchev–Trinajstić information content (AvgIpc) is 2.88. The molecular formula is C30H24N2O2+2. The molecule has 164 valence electrons. The maximum atomic E-state index is 7.06. The lowest BCUT2D eigenvalue weighted by Crippen LogP contribution is -2.61. The highest BCUT2D eigenvalue weighted by Gasteiger charge is 2.67. The van der Waals surface area contributed by atoms with Crippen molar-refractivity contribution in [3.8, 4) is 11.5 Å². The summed E-state index contributed by atoms with van der Waals surface area (Å²) in [4.78, 5) is 0. The minimum atomic E-state index is -1.27. The summed E-state index contributed by atoms with van der Waals surface area (Å²) in [6, 6.07) is 32.2. The van der Waals surface area contributed by atoms with Crippen LogP contribution in [0.1, 0.15) is 36.1 Å². The van der Waals surface area contributed by atoms with Crippen molar-refractivity contribution in [2.45, 2.75) is 25.3 Å². The van der Waals surface area contributed by atoms with Gasteiger partial charge in [-0.15, -0.1) is 0 Å². The van der Waals surface area contributed by atoms with Crippen molar-refractivity contribution < 1.29 is 18.6 Å². The highest BCUT2D eigenvalue weighted by atomic mass is 16.7. The molecule has 3 heterocycles. The van der Waals surface area contributed by atoms with E-state index in [4.69, 9.17) is 9.47 Å². The quantitative estimate of drug-likeness (QED) is 0.357. The summed E-state index contributed by atoms with van der Waals surface area (Å²) in [6.07, 6.45) is 4.28. The molecule has 1 atom stereocenters. The molecule has 34 heavy (non-hydrogen) atoms. The Morgan fingerprint density at radius 2 is 1.26 bits per heavy atom. The molecule has 0 saturated heterocycles. The first-order chi connectivity index (χ1) is 16.6. The van der Waals surface area contributed by atoms with E-state index in [-0.39, 0.29) is 5.41 Å². The van der Waals surface area contributed by atoms with Gasteiger partial charge in [0.2, 0.25) is 11.4 Å². The van der Waals surface area contributed by atoms with Gasteiger partial charge in [-0.2, -0.15) is 0 Å². The van der Waals surface area contributed by atoms with Crippen molar-refractivity contribution in [1.82, 2.24) is 0 Å². The third-order valence-corrected chi connectivity index (χ3v) is 7.15. The van der Waals surface area contributed by atoms with Gasteiger partial charge in [-0.1, -0.05) is 77.6 Å². The topological polar surface area (TPSA) is 24.5 Å². The molecule has 0 fully saturated rings. The number of fused-ring (bicyclic) bond motifs is 1. The van der Waals surface area contributed by atoms with E-state index in [1.54, 1.807) is 0 Å². The van der Waals surface area contributed by atoms with E-state index >= 15 is 0 Å². The van der Waals surface area contributed by atoms with Crippen LogP contribution in [0.3, 0.4) is 0 Å². The van der Waals surface area contributed by atoms with Crippen LogP contribution in [-0.2, 0) is 5.41 Å². The first kappa shape index (κ1) is 19.3. The van der Waals surface area contributed by atoms with Crippen LogP contribution < -0.4 is 9.47 Å². The first-order valence-electron chi connectivity index (χ1n) is 11.6. The van der Waals surface area contributed by atoms with Gasteiger partial charge in [-0.05, 0) is 23.8 Å². The zero-order chi connectivity index (χ0) is 22.9. The maximum absolute atomic E-state index is 7.06.